The Labute approximate surface area is 226 Å². The number of carboxylic acids is 1. The van der Waals surface area contributed by atoms with E-state index < -0.39 is 5.97 Å². The van der Waals surface area contributed by atoms with Crippen molar-refractivity contribution in [1.29, 1.82) is 0 Å². The van der Waals surface area contributed by atoms with E-state index >= 15 is 0 Å². The number of rotatable bonds is 10. The van der Waals surface area contributed by atoms with Gasteiger partial charge in [0, 0.05) is 40.9 Å². The Balaban J connectivity index is 1.18. The van der Waals surface area contributed by atoms with Crippen molar-refractivity contribution in [1.82, 2.24) is 19.4 Å². The number of halogens is 2. The van der Waals surface area contributed by atoms with E-state index in [4.69, 9.17) is 26.4 Å². The van der Waals surface area contributed by atoms with Gasteiger partial charge < -0.3 is 14.4 Å². The number of ether oxygens (including phenoxy) is 1. The summed E-state index contributed by atoms with van der Waals surface area (Å²) in [5, 5.41) is 9.41. The lowest BCUT2D eigenvalue weighted by Gasteiger charge is -2.32. The topological polar surface area (TPSA) is 80.5 Å². The molecule has 0 atom stereocenters. The summed E-state index contributed by atoms with van der Waals surface area (Å²) in [5.74, 6) is 1.10. The predicted molar refractivity (Wildman–Crippen MR) is 143 cm³/mol. The average molecular weight is 539 g/mol. The number of carboxylic acid groups (broad SMARTS) is 1. The maximum Gasteiger partial charge on any atom is 0.328 e. The molecule has 9 heteroatoms. The monoisotopic (exact) mass is 538 g/mol. The predicted octanol–water partition coefficient (Wildman–Crippen LogP) is 5.93. The molecule has 1 aliphatic carbocycles. The summed E-state index contributed by atoms with van der Waals surface area (Å²) < 4.78 is 22.1. The summed E-state index contributed by atoms with van der Waals surface area (Å²) in [7, 11) is 0. The van der Waals surface area contributed by atoms with E-state index in [0.717, 1.165) is 56.2 Å². The molecule has 1 saturated heterocycles. The molecule has 2 aromatic heterocycles. The van der Waals surface area contributed by atoms with Gasteiger partial charge in [-0.05, 0) is 69.0 Å². The number of likely N-dealkylation sites (tertiary alicyclic amines) is 1. The van der Waals surface area contributed by atoms with Crippen LogP contribution in [0.1, 0.15) is 60.8 Å². The smallest absolute Gasteiger partial charge is 0.328 e. The minimum atomic E-state index is -0.953. The van der Waals surface area contributed by atoms with Crippen LogP contribution in [0.3, 0.4) is 0 Å². The number of aromatic nitrogens is 3. The Kier molecular flexibility index (Phi) is 8.39. The van der Waals surface area contributed by atoms with Crippen molar-refractivity contribution >= 4 is 23.6 Å². The number of hydrogen-bond donors (Lipinski definition) is 1. The fourth-order valence-electron chi connectivity index (χ4n) is 5.11. The van der Waals surface area contributed by atoms with Gasteiger partial charge in [-0.25, -0.2) is 19.2 Å². The molecule has 3 aromatic rings. The molecule has 1 N–H and O–H groups in total. The molecule has 5 rings (SSSR count). The lowest BCUT2D eigenvalue weighted by atomic mass is 9.85. The van der Waals surface area contributed by atoms with Gasteiger partial charge in [0.25, 0.3) is 0 Å². The van der Waals surface area contributed by atoms with Crippen LogP contribution >= 0.6 is 11.6 Å². The minimum Gasteiger partial charge on any atom is -0.478 e. The Morgan fingerprint density at radius 2 is 2.00 bits per heavy atom. The van der Waals surface area contributed by atoms with Gasteiger partial charge in [-0.1, -0.05) is 30.2 Å². The van der Waals surface area contributed by atoms with Crippen molar-refractivity contribution in [2.24, 2.45) is 5.92 Å². The second-order valence-corrected chi connectivity index (χ2v) is 10.6. The molecule has 1 saturated carbocycles. The van der Waals surface area contributed by atoms with Gasteiger partial charge in [-0.15, -0.1) is 0 Å². The van der Waals surface area contributed by atoms with Crippen LogP contribution in [0, 0.1) is 11.7 Å². The molecule has 0 bridgehead atoms. The highest BCUT2D eigenvalue weighted by Gasteiger charge is 2.25. The van der Waals surface area contributed by atoms with Gasteiger partial charge in [-0.3, -0.25) is 4.90 Å². The zero-order valence-electron chi connectivity index (χ0n) is 21.2. The zero-order chi connectivity index (χ0) is 26.5. The summed E-state index contributed by atoms with van der Waals surface area (Å²) >= 11 is 5.83. The van der Waals surface area contributed by atoms with Crippen molar-refractivity contribution in [3.63, 3.8) is 0 Å². The summed E-state index contributed by atoms with van der Waals surface area (Å²) in [6.07, 6.45) is 10.2. The standard InChI is InChI=1S/C29H32ClFN4O3/c30-23-8-7-22(25(31)15-23)19-38-28-6-2-5-26(33-28)21-11-13-34(14-12-21)18-27-32-16-24(9-10-29(36)37)35(27)17-20-3-1-4-20/h2,5-10,15-16,20-21H,1,3-4,11-14,17-19H2,(H,36,37)/b10-9+. The molecule has 0 unspecified atom stereocenters. The van der Waals surface area contributed by atoms with E-state index in [-0.39, 0.29) is 12.4 Å². The van der Waals surface area contributed by atoms with Crippen molar-refractivity contribution in [2.75, 3.05) is 13.1 Å². The number of pyridine rings is 1. The number of nitrogens with zero attached hydrogens (tertiary/aromatic N) is 4. The van der Waals surface area contributed by atoms with Gasteiger partial charge >= 0.3 is 5.97 Å². The van der Waals surface area contributed by atoms with E-state index in [1.54, 1.807) is 30.5 Å². The lowest BCUT2D eigenvalue weighted by molar-refractivity contribution is -0.131. The Morgan fingerprint density at radius 1 is 1.18 bits per heavy atom. The highest BCUT2D eigenvalue weighted by atomic mass is 35.5. The maximum absolute atomic E-state index is 14.1. The van der Waals surface area contributed by atoms with E-state index in [1.165, 1.54) is 31.4 Å². The first-order chi connectivity index (χ1) is 18.4. The first-order valence-electron chi connectivity index (χ1n) is 13.2. The number of imidazole rings is 1. The third-order valence-corrected chi connectivity index (χ3v) is 7.77. The third kappa shape index (κ3) is 6.60. The van der Waals surface area contributed by atoms with Crippen LogP contribution < -0.4 is 4.74 Å². The van der Waals surface area contributed by atoms with E-state index in [0.29, 0.717) is 28.3 Å². The van der Waals surface area contributed by atoms with Crippen LogP contribution in [-0.2, 0) is 24.5 Å². The Bertz CT molecular complexity index is 1300. The SMILES string of the molecule is O=C(O)/C=C/c1cnc(CN2CCC(c3cccc(OCc4ccc(Cl)cc4F)n3)CC2)n1CC1CCC1. The van der Waals surface area contributed by atoms with Gasteiger partial charge in [0.1, 0.15) is 18.2 Å². The van der Waals surface area contributed by atoms with E-state index in [2.05, 4.69) is 14.5 Å². The molecule has 0 amide bonds. The summed E-state index contributed by atoms with van der Waals surface area (Å²) in [6, 6.07) is 10.3. The second kappa shape index (κ2) is 12.1. The molecular weight excluding hydrogens is 507 g/mol. The van der Waals surface area contributed by atoms with Crippen LogP contribution in [0.15, 0.2) is 48.7 Å². The Hall–Kier alpha value is -3.23. The summed E-state index contributed by atoms with van der Waals surface area (Å²) in [5.41, 5.74) is 2.28. The zero-order valence-corrected chi connectivity index (χ0v) is 22.0. The number of carbonyl (C=O) groups is 1. The molecule has 3 heterocycles. The van der Waals surface area contributed by atoms with Crippen molar-refractivity contribution < 1.29 is 19.0 Å². The maximum atomic E-state index is 14.1. The van der Waals surface area contributed by atoms with E-state index in [9.17, 15) is 9.18 Å². The van der Waals surface area contributed by atoms with E-state index in [1.807, 2.05) is 12.1 Å². The number of piperidine rings is 1. The molecule has 2 aliphatic rings. The van der Waals surface area contributed by atoms with Gasteiger partial charge in [-0.2, -0.15) is 0 Å². The number of benzene rings is 1. The average Bonchev–Trinajstić information content (AvgIpc) is 3.26. The third-order valence-electron chi connectivity index (χ3n) is 7.54. The molecule has 0 spiro atoms. The molecule has 0 radical (unpaired) electrons. The summed E-state index contributed by atoms with van der Waals surface area (Å²) in [6.45, 7) is 3.56. The quantitative estimate of drug-likeness (QED) is 0.322. The van der Waals surface area contributed by atoms with Crippen LogP contribution in [-0.4, -0.2) is 43.6 Å². The first kappa shape index (κ1) is 26.4. The highest BCUT2D eigenvalue weighted by Crippen LogP contribution is 2.31. The van der Waals surface area contributed by atoms with Gasteiger partial charge in [0.2, 0.25) is 5.88 Å². The van der Waals surface area contributed by atoms with Crippen molar-refractivity contribution in [3.8, 4) is 5.88 Å². The normalized spacial score (nSPS) is 17.1. The van der Waals surface area contributed by atoms with Gasteiger partial charge in [0.05, 0.1) is 18.4 Å². The number of hydrogen-bond acceptors (Lipinski definition) is 5. The highest BCUT2D eigenvalue weighted by molar-refractivity contribution is 6.30. The minimum absolute atomic E-state index is 0.0923. The molecule has 2 fully saturated rings. The first-order valence-corrected chi connectivity index (χ1v) is 13.5. The fraction of sp³-hybridized carbons (Fsp3) is 0.414. The van der Waals surface area contributed by atoms with Crippen LogP contribution in [0.5, 0.6) is 5.88 Å². The van der Waals surface area contributed by atoms with Crippen LogP contribution in [0.25, 0.3) is 6.08 Å². The largest absolute Gasteiger partial charge is 0.478 e. The lowest BCUT2D eigenvalue weighted by Crippen LogP contribution is -2.34. The Morgan fingerprint density at radius 3 is 2.71 bits per heavy atom. The fourth-order valence-corrected chi connectivity index (χ4v) is 5.26. The molecule has 7 nitrogen and oxygen atoms in total. The molecule has 200 valence electrons. The molecule has 38 heavy (non-hydrogen) atoms. The second-order valence-electron chi connectivity index (χ2n) is 10.2. The summed E-state index contributed by atoms with van der Waals surface area (Å²) in [4.78, 5) is 22.8. The molecule has 1 aromatic carbocycles. The van der Waals surface area contributed by atoms with Crippen LogP contribution in [0.4, 0.5) is 4.39 Å². The van der Waals surface area contributed by atoms with Crippen LogP contribution in [0.2, 0.25) is 5.02 Å². The molecule has 1 aliphatic heterocycles. The van der Waals surface area contributed by atoms with Crippen molar-refractivity contribution in [3.05, 3.63) is 82.3 Å². The molecular formula is C29H32ClFN4O3. The van der Waals surface area contributed by atoms with Gasteiger partial charge in [0.15, 0.2) is 0 Å². The number of aliphatic carboxylic acids is 1. The van der Waals surface area contributed by atoms with Crippen molar-refractivity contribution in [2.45, 2.75) is 57.7 Å².